The number of benzene rings is 1. The maximum absolute atomic E-state index is 11.7. The average molecular weight is 333 g/mol. The highest BCUT2D eigenvalue weighted by molar-refractivity contribution is 7.88. The molecule has 0 saturated heterocycles. The molecule has 1 aliphatic rings. The van der Waals surface area contributed by atoms with Gasteiger partial charge in [0.1, 0.15) is 0 Å². The Morgan fingerprint density at radius 2 is 2.00 bits per heavy atom. The molecule has 1 atom stereocenters. The molecular weight excluding hydrogens is 310 g/mol. The minimum Gasteiger partial charge on any atom is -0.237 e. The molecule has 0 fully saturated rings. The molecule has 0 saturated carbocycles. The van der Waals surface area contributed by atoms with Crippen LogP contribution in [0.4, 0.5) is 0 Å². The third-order valence-corrected chi connectivity index (χ3v) is 5.09. The quantitative estimate of drug-likeness (QED) is 0.939. The first-order valence-electron chi connectivity index (χ1n) is 7.76. The molecule has 1 aliphatic carbocycles. The van der Waals surface area contributed by atoms with Gasteiger partial charge >= 0.3 is 0 Å². The molecule has 6 heteroatoms. The number of aryl methyl sites for hydroxylation is 1. The monoisotopic (exact) mass is 333 g/mol. The summed E-state index contributed by atoms with van der Waals surface area (Å²) in [5, 5.41) is 4.56. The molecule has 0 aliphatic heterocycles. The van der Waals surface area contributed by atoms with E-state index >= 15 is 0 Å². The van der Waals surface area contributed by atoms with Crippen LogP contribution in [0.3, 0.4) is 0 Å². The van der Waals surface area contributed by atoms with E-state index in [2.05, 4.69) is 36.7 Å². The van der Waals surface area contributed by atoms with Gasteiger partial charge in [0, 0.05) is 11.3 Å². The number of nitrogens with one attached hydrogen (secondary N) is 1. The van der Waals surface area contributed by atoms with Crippen LogP contribution in [0.25, 0.3) is 5.69 Å². The Bertz CT molecular complexity index is 837. The van der Waals surface area contributed by atoms with Gasteiger partial charge < -0.3 is 0 Å². The zero-order valence-electron chi connectivity index (χ0n) is 14.0. The summed E-state index contributed by atoms with van der Waals surface area (Å²) in [6, 6.07) is 7.89. The molecule has 23 heavy (non-hydrogen) atoms. The standard InChI is InChI=1S/C17H23N3O2S/c1-12-7-5-6-8-15(12)20-16-10-17(2,3)9-14(13(16)11-18-20)19-23(4,21)22/h5-8,11,14,19H,9-10H2,1-4H3/t14-/m0/s1. The maximum Gasteiger partial charge on any atom is 0.209 e. The molecule has 0 bridgehead atoms. The molecule has 124 valence electrons. The molecule has 1 N–H and O–H groups in total. The molecule has 0 radical (unpaired) electrons. The lowest BCUT2D eigenvalue weighted by molar-refractivity contribution is 0.269. The summed E-state index contributed by atoms with van der Waals surface area (Å²) < 4.78 is 28.2. The van der Waals surface area contributed by atoms with E-state index in [-0.39, 0.29) is 11.5 Å². The second-order valence-electron chi connectivity index (χ2n) is 7.23. The van der Waals surface area contributed by atoms with Crippen LogP contribution in [0.5, 0.6) is 0 Å². The van der Waals surface area contributed by atoms with E-state index in [0.717, 1.165) is 35.3 Å². The van der Waals surface area contributed by atoms with Gasteiger partial charge in [-0.25, -0.2) is 17.8 Å². The van der Waals surface area contributed by atoms with Crippen molar-refractivity contribution >= 4 is 10.0 Å². The highest BCUT2D eigenvalue weighted by atomic mass is 32.2. The number of hydrogen-bond donors (Lipinski definition) is 1. The molecule has 0 amide bonds. The zero-order valence-corrected chi connectivity index (χ0v) is 14.8. The summed E-state index contributed by atoms with van der Waals surface area (Å²) in [7, 11) is -3.27. The molecule has 1 aromatic heterocycles. The third kappa shape index (κ3) is 3.33. The Hall–Kier alpha value is -1.66. The summed E-state index contributed by atoms with van der Waals surface area (Å²) in [6.07, 6.45) is 4.66. The smallest absolute Gasteiger partial charge is 0.209 e. The SMILES string of the molecule is Cc1ccccc1-n1ncc2c1CC(C)(C)C[C@@H]2NS(C)(=O)=O. The van der Waals surface area contributed by atoms with Gasteiger partial charge in [-0.15, -0.1) is 0 Å². The second-order valence-corrected chi connectivity index (χ2v) is 9.01. The fourth-order valence-electron chi connectivity index (χ4n) is 3.41. The van der Waals surface area contributed by atoms with Gasteiger partial charge in [-0.2, -0.15) is 5.10 Å². The number of hydrogen-bond acceptors (Lipinski definition) is 3. The van der Waals surface area contributed by atoms with Crippen molar-refractivity contribution in [1.82, 2.24) is 14.5 Å². The van der Waals surface area contributed by atoms with Crippen LogP contribution in [0.15, 0.2) is 30.5 Å². The fraction of sp³-hybridized carbons (Fsp3) is 0.471. The molecule has 1 aromatic carbocycles. The summed E-state index contributed by atoms with van der Waals surface area (Å²) >= 11 is 0. The lowest BCUT2D eigenvalue weighted by Gasteiger charge is -2.35. The second kappa shape index (κ2) is 5.46. The minimum atomic E-state index is -3.27. The Morgan fingerprint density at radius 1 is 1.30 bits per heavy atom. The lowest BCUT2D eigenvalue weighted by Crippen LogP contribution is -2.36. The number of rotatable bonds is 3. The maximum atomic E-state index is 11.7. The highest BCUT2D eigenvalue weighted by Crippen LogP contribution is 2.41. The van der Waals surface area contributed by atoms with Gasteiger partial charge in [-0.1, -0.05) is 32.0 Å². The fourth-order valence-corrected chi connectivity index (χ4v) is 4.14. The largest absolute Gasteiger partial charge is 0.237 e. The van der Waals surface area contributed by atoms with Gasteiger partial charge in [0.15, 0.2) is 0 Å². The number of para-hydroxylation sites is 1. The van der Waals surface area contributed by atoms with Crippen LogP contribution in [0, 0.1) is 12.3 Å². The van der Waals surface area contributed by atoms with E-state index in [1.807, 2.05) is 22.9 Å². The van der Waals surface area contributed by atoms with Crippen LogP contribution < -0.4 is 4.72 Å². The van der Waals surface area contributed by atoms with Crippen molar-refractivity contribution in [2.45, 2.75) is 39.7 Å². The molecular formula is C17H23N3O2S. The van der Waals surface area contributed by atoms with Crippen molar-refractivity contribution in [3.63, 3.8) is 0 Å². The van der Waals surface area contributed by atoms with Crippen LogP contribution in [-0.2, 0) is 16.4 Å². The first-order chi connectivity index (χ1) is 10.7. The van der Waals surface area contributed by atoms with Crippen molar-refractivity contribution in [1.29, 1.82) is 0 Å². The van der Waals surface area contributed by atoms with E-state index in [4.69, 9.17) is 0 Å². The summed E-state index contributed by atoms with van der Waals surface area (Å²) in [5.74, 6) is 0. The van der Waals surface area contributed by atoms with Gasteiger partial charge in [-0.3, -0.25) is 0 Å². The molecule has 3 rings (SSSR count). The van der Waals surface area contributed by atoms with E-state index in [1.165, 1.54) is 6.26 Å². The van der Waals surface area contributed by atoms with Gasteiger partial charge in [0.2, 0.25) is 10.0 Å². The highest BCUT2D eigenvalue weighted by Gasteiger charge is 2.36. The zero-order chi connectivity index (χ0) is 16.8. The van der Waals surface area contributed by atoms with E-state index in [1.54, 1.807) is 6.20 Å². The molecule has 0 unspecified atom stereocenters. The van der Waals surface area contributed by atoms with Crippen LogP contribution in [-0.4, -0.2) is 24.5 Å². The minimum absolute atomic E-state index is 0.00975. The van der Waals surface area contributed by atoms with E-state index in [0.29, 0.717) is 0 Å². The normalized spacial score (nSPS) is 20.3. The third-order valence-electron chi connectivity index (χ3n) is 4.38. The number of aromatic nitrogens is 2. The van der Waals surface area contributed by atoms with E-state index in [9.17, 15) is 8.42 Å². The average Bonchev–Trinajstić information content (AvgIpc) is 2.79. The van der Waals surface area contributed by atoms with Gasteiger partial charge in [-0.05, 0) is 36.8 Å². The topological polar surface area (TPSA) is 64.0 Å². The number of fused-ring (bicyclic) bond motifs is 1. The van der Waals surface area contributed by atoms with Crippen LogP contribution in [0.1, 0.15) is 43.1 Å². The number of nitrogens with zero attached hydrogens (tertiary/aromatic N) is 2. The van der Waals surface area contributed by atoms with Gasteiger partial charge in [0.25, 0.3) is 0 Å². The Morgan fingerprint density at radius 3 is 2.65 bits per heavy atom. The number of sulfonamides is 1. The Labute approximate surface area is 137 Å². The predicted molar refractivity (Wildman–Crippen MR) is 91.1 cm³/mol. The van der Waals surface area contributed by atoms with Crippen molar-refractivity contribution in [3.05, 3.63) is 47.3 Å². The molecule has 2 aromatic rings. The summed E-state index contributed by atoms with van der Waals surface area (Å²) in [4.78, 5) is 0. The van der Waals surface area contributed by atoms with Crippen molar-refractivity contribution in [2.24, 2.45) is 5.41 Å². The van der Waals surface area contributed by atoms with Crippen molar-refractivity contribution < 1.29 is 8.42 Å². The van der Waals surface area contributed by atoms with Crippen molar-refractivity contribution in [3.8, 4) is 5.69 Å². The summed E-state index contributed by atoms with van der Waals surface area (Å²) in [5.41, 5.74) is 4.28. The first-order valence-corrected chi connectivity index (χ1v) is 9.65. The Kier molecular flexibility index (Phi) is 3.84. The first kappa shape index (κ1) is 16.2. The van der Waals surface area contributed by atoms with Gasteiger partial charge in [0.05, 0.1) is 24.2 Å². The molecule has 5 nitrogen and oxygen atoms in total. The lowest BCUT2D eigenvalue weighted by atomic mass is 9.74. The van der Waals surface area contributed by atoms with Crippen molar-refractivity contribution in [2.75, 3.05) is 6.26 Å². The molecule has 1 heterocycles. The molecule has 0 spiro atoms. The van der Waals surface area contributed by atoms with E-state index < -0.39 is 10.0 Å². The Balaban J connectivity index is 2.11. The van der Waals surface area contributed by atoms with Crippen LogP contribution >= 0.6 is 0 Å². The van der Waals surface area contributed by atoms with Crippen LogP contribution in [0.2, 0.25) is 0 Å². The summed E-state index contributed by atoms with van der Waals surface area (Å²) in [6.45, 7) is 6.40. The predicted octanol–water partition coefficient (Wildman–Crippen LogP) is 2.74.